The zero-order chi connectivity index (χ0) is 19.8. The monoisotopic (exact) mass is 361 g/mol. The molecule has 136 valence electrons. The van der Waals surface area contributed by atoms with E-state index in [1.165, 1.54) is 12.1 Å². The quantitative estimate of drug-likeness (QED) is 0.873. The Morgan fingerprint density at radius 3 is 2.33 bits per heavy atom. The zero-order valence-corrected chi connectivity index (χ0v) is 15.3. The second-order valence-electron chi connectivity index (χ2n) is 7.27. The van der Waals surface area contributed by atoms with E-state index in [9.17, 15) is 20.2 Å². The van der Waals surface area contributed by atoms with E-state index >= 15 is 0 Å². The molecule has 1 heterocycles. The second kappa shape index (κ2) is 6.88. The summed E-state index contributed by atoms with van der Waals surface area (Å²) in [6, 6.07) is 12.4. The summed E-state index contributed by atoms with van der Waals surface area (Å²) in [6.07, 6.45) is 1.97. The van der Waals surface area contributed by atoms with E-state index in [1.807, 2.05) is 6.08 Å². The molecule has 0 unspecified atom stereocenters. The number of rotatable bonds is 2. The first-order chi connectivity index (χ1) is 12.9. The molecule has 27 heavy (non-hydrogen) atoms. The largest absolute Gasteiger partial charge is 0.399 e. The lowest BCUT2D eigenvalue weighted by Crippen LogP contribution is -2.49. The van der Waals surface area contributed by atoms with Gasteiger partial charge in [0.1, 0.15) is 11.9 Å². The molecule has 2 N–H and O–H groups in total. The van der Waals surface area contributed by atoms with Crippen LogP contribution in [0.25, 0.3) is 0 Å². The average Bonchev–Trinajstić information content (AvgIpc) is 2.67. The number of allylic oxidation sites excluding steroid dienone is 2. The lowest BCUT2D eigenvalue weighted by atomic mass is 9.58. The molecule has 2 aliphatic rings. The molecule has 1 aliphatic carbocycles. The molecule has 0 aromatic heterocycles. The minimum atomic E-state index is -1.68. The predicted octanol–water partition coefficient (Wildman–Crippen LogP) is 2.96. The number of hydrogen-bond donors (Lipinski definition) is 1. The Morgan fingerprint density at radius 2 is 1.81 bits per heavy atom. The summed E-state index contributed by atoms with van der Waals surface area (Å²) in [5.74, 6) is -1.23. The standard InChI is InChI=1S/C21H20FN5/c1-13(2)27-8-7-16-17(9-23)20(26)21(11-24,12-25)19(18(16)10-27)14-3-5-15(22)6-4-14/h3-7,13,18-19H,8,10,26H2,1-2H3/t18-,19+/m0/s1. The van der Waals surface area contributed by atoms with Crippen molar-refractivity contribution in [3.05, 3.63) is 58.6 Å². The molecule has 6 heteroatoms. The minimum Gasteiger partial charge on any atom is -0.399 e. The molecule has 0 fully saturated rings. The fourth-order valence-corrected chi connectivity index (χ4v) is 4.17. The Balaban J connectivity index is 2.29. The number of nitriles is 3. The van der Waals surface area contributed by atoms with E-state index in [0.717, 1.165) is 5.57 Å². The first-order valence-electron chi connectivity index (χ1n) is 8.82. The minimum absolute atomic E-state index is 0.00942. The van der Waals surface area contributed by atoms with E-state index in [1.54, 1.807) is 12.1 Å². The number of nitrogens with two attached hydrogens (primary N) is 1. The Labute approximate surface area is 158 Å². The van der Waals surface area contributed by atoms with Gasteiger partial charge in [-0.2, -0.15) is 15.8 Å². The van der Waals surface area contributed by atoms with Gasteiger partial charge in [0, 0.05) is 31.0 Å². The molecule has 1 aliphatic heterocycles. The van der Waals surface area contributed by atoms with Gasteiger partial charge in [0.25, 0.3) is 0 Å². The number of nitrogens with zero attached hydrogens (tertiary/aromatic N) is 4. The number of hydrogen-bond acceptors (Lipinski definition) is 5. The fourth-order valence-electron chi connectivity index (χ4n) is 4.17. The summed E-state index contributed by atoms with van der Waals surface area (Å²) in [5.41, 5.74) is 6.22. The maximum Gasteiger partial charge on any atom is 0.191 e. The predicted molar refractivity (Wildman–Crippen MR) is 97.9 cm³/mol. The van der Waals surface area contributed by atoms with Gasteiger partial charge in [0.2, 0.25) is 0 Å². The molecule has 0 radical (unpaired) electrons. The third-order valence-corrected chi connectivity index (χ3v) is 5.65. The van der Waals surface area contributed by atoms with Crippen LogP contribution in [0.15, 0.2) is 47.2 Å². The summed E-state index contributed by atoms with van der Waals surface area (Å²) >= 11 is 0. The van der Waals surface area contributed by atoms with Crippen LogP contribution in [0.1, 0.15) is 25.3 Å². The normalized spacial score (nSPS) is 24.4. The summed E-state index contributed by atoms with van der Waals surface area (Å²) in [7, 11) is 0. The van der Waals surface area contributed by atoms with Crippen molar-refractivity contribution in [1.82, 2.24) is 4.90 Å². The summed E-state index contributed by atoms with van der Waals surface area (Å²) in [4.78, 5) is 2.22. The number of fused-ring (bicyclic) bond motifs is 1. The molecule has 0 saturated heterocycles. The molecule has 3 rings (SSSR count). The van der Waals surface area contributed by atoms with E-state index in [2.05, 4.69) is 37.0 Å². The van der Waals surface area contributed by atoms with Crippen molar-refractivity contribution in [2.24, 2.45) is 17.1 Å². The van der Waals surface area contributed by atoms with Crippen LogP contribution in [0.4, 0.5) is 4.39 Å². The van der Waals surface area contributed by atoms with Crippen molar-refractivity contribution in [3.63, 3.8) is 0 Å². The van der Waals surface area contributed by atoms with E-state index in [4.69, 9.17) is 5.73 Å². The highest BCUT2D eigenvalue weighted by Crippen LogP contribution is 2.54. The van der Waals surface area contributed by atoms with Crippen molar-refractivity contribution in [2.75, 3.05) is 13.1 Å². The molecule has 0 spiro atoms. The van der Waals surface area contributed by atoms with Crippen LogP contribution in [0.2, 0.25) is 0 Å². The molecule has 1 aromatic rings. The number of benzene rings is 1. The summed E-state index contributed by atoms with van der Waals surface area (Å²) in [6.45, 7) is 5.41. The lowest BCUT2D eigenvalue weighted by molar-refractivity contribution is 0.174. The zero-order valence-electron chi connectivity index (χ0n) is 15.3. The summed E-state index contributed by atoms with van der Waals surface area (Å²) < 4.78 is 13.5. The van der Waals surface area contributed by atoms with Gasteiger partial charge in [-0.1, -0.05) is 18.2 Å². The fraction of sp³-hybridized carbons (Fsp3) is 0.381. The third kappa shape index (κ3) is 2.78. The van der Waals surface area contributed by atoms with E-state index in [0.29, 0.717) is 18.7 Å². The Bertz CT molecular complexity index is 923. The van der Waals surface area contributed by atoms with Crippen molar-refractivity contribution in [3.8, 4) is 18.2 Å². The van der Waals surface area contributed by atoms with Crippen LogP contribution in [0.3, 0.4) is 0 Å². The molecule has 1 aromatic carbocycles. The maximum atomic E-state index is 13.5. The van der Waals surface area contributed by atoms with Crippen LogP contribution >= 0.6 is 0 Å². The highest BCUT2D eigenvalue weighted by atomic mass is 19.1. The van der Waals surface area contributed by atoms with Gasteiger partial charge < -0.3 is 5.73 Å². The number of halogens is 1. The van der Waals surface area contributed by atoms with Gasteiger partial charge >= 0.3 is 0 Å². The Hall–Kier alpha value is -3.14. The Morgan fingerprint density at radius 1 is 1.19 bits per heavy atom. The van der Waals surface area contributed by atoms with Gasteiger partial charge in [-0.3, -0.25) is 4.90 Å². The first kappa shape index (κ1) is 18.6. The SMILES string of the molecule is CC(C)N1CC=C2C(C#N)=C(N)C(C#N)(C#N)[C@H](c3ccc(F)cc3)[C@H]2C1. The van der Waals surface area contributed by atoms with Gasteiger partial charge in [0.05, 0.1) is 23.4 Å². The van der Waals surface area contributed by atoms with Gasteiger partial charge in [-0.25, -0.2) is 4.39 Å². The summed E-state index contributed by atoms with van der Waals surface area (Å²) in [5, 5.41) is 29.6. The van der Waals surface area contributed by atoms with Gasteiger partial charge in [-0.15, -0.1) is 0 Å². The smallest absolute Gasteiger partial charge is 0.191 e. The van der Waals surface area contributed by atoms with Crippen LogP contribution in [0.5, 0.6) is 0 Å². The molecule has 0 saturated carbocycles. The highest BCUT2D eigenvalue weighted by molar-refractivity contribution is 5.59. The van der Waals surface area contributed by atoms with Crippen LogP contribution in [-0.2, 0) is 0 Å². The third-order valence-electron chi connectivity index (χ3n) is 5.65. The second-order valence-corrected chi connectivity index (χ2v) is 7.27. The topological polar surface area (TPSA) is 101 Å². The average molecular weight is 361 g/mol. The van der Waals surface area contributed by atoms with E-state index < -0.39 is 17.2 Å². The van der Waals surface area contributed by atoms with Crippen LogP contribution < -0.4 is 5.73 Å². The van der Waals surface area contributed by atoms with Crippen LogP contribution in [0, 0.1) is 51.1 Å². The van der Waals surface area contributed by atoms with Gasteiger partial charge in [0.15, 0.2) is 5.41 Å². The lowest BCUT2D eigenvalue weighted by Gasteiger charge is -2.46. The molecular formula is C21H20FN5. The first-order valence-corrected chi connectivity index (χ1v) is 8.82. The molecule has 2 atom stereocenters. The molecule has 5 nitrogen and oxygen atoms in total. The Kier molecular flexibility index (Phi) is 4.75. The maximum absolute atomic E-state index is 13.5. The van der Waals surface area contributed by atoms with Crippen molar-refractivity contribution >= 4 is 0 Å². The molecular weight excluding hydrogens is 341 g/mol. The molecule has 0 bridgehead atoms. The van der Waals surface area contributed by atoms with Crippen LogP contribution in [-0.4, -0.2) is 24.0 Å². The van der Waals surface area contributed by atoms with Gasteiger partial charge in [-0.05, 0) is 37.1 Å². The van der Waals surface area contributed by atoms with Crippen molar-refractivity contribution in [2.45, 2.75) is 25.8 Å². The van der Waals surface area contributed by atoms with Crippen molar-refractivity contribution in [1.29, 1.82) is 15.8 Å². The van der Waals surface area contributed by atoms with E-state index in [-0.39, 0.29) is 23.2 Å². The molecule has 0 amide bonds. The highest BCUT2D eigenvalue weighted by Gasteiger charge is 2.54. The van der Waals surface area contributed by atoms with Crippen molar-refractivity contribution < 1.29 is 4.39 Å².